The first kappa shape index (κ1) is 95.8. The Morgan fingerprint density at radius 2 is 0.542 bits per heavy atom. The highest BCUT2D eigenvalue weighted by Gasteiger charge is 2.54. The molecule has 6 aliphatic carbocycles. The number of carbonyl (C=O) groups excluding carboxylic acids is 6. The van der Waals surface area contributed by atoms with Gasteiger partial charge in [-0.1, -0.05) is 253 Å². The van der Waals surface area contributed by atoms with E-state index >= 15 is 0 Å². The van der Waals surface area contributed by atoms with Gasteiger partial charge in [0.1, 0.15) is 4.60 Å². The molecule has 25 heteroatoms. The maximum atomic E-state index is 13.1. The van der Waals surface area contributed by atoms with Crippen molar-refractivity contribution in [1.29, 1.82) is 0 Å². The van der Waals surface area contributed by atoms with E-state index in [1.165, 1.54) is 22.3 Å². The zero-order chi connectivity index (χ0) is 102. The Balaban J connectivity index is 0.000000109. The fourth-order valence-electron chi connectivity index (χ4n) is 24.7. The van der Waals surface area contributed by atoms with E-state index in [0.29, 0.717) is 49.9 Å². The van der Waals surface area contributed by atoms with Crippen molar-refractivity contribution in [2.45, 2.75) is 257 Å². The lowest BCUT2D eigenvalue weighted by atomic mass is 9.62. The third-order valence-electron chi connectivity index (χ3n) is 30.7. The molecule has 12 aromatic rings. The fraction of sp³-hybridized carbons (Fsp3) is 0.385. The number of hydrogen-bond donors (Lipinski definition) is 12. The minimum Gasteiger partial charge on any atom is -0.342 e. The molecule has 0 saturated heterocycles. The number of Topliss-reactive ketones (excluding diaryl/α,β-unsaturated/α-hetero) is 6. The van der Waals surface area contributed by atoms with Crippen molar-refractivity contribution < 1.29 is 30.1 Å². The molecule has 0 saturated carbocycles. The van der Waals surface area contributed by atoms with Crippen LogP contribution in [0, 0.1) is 81.0 Å². The van der Waals surface area contributed by atoms with Crippen LogP contribution in [0.2, 0.25) is 0 Å². The number of H-pyrrole nitrogens is 6. The van der Waals surface area contributed by atoms with Crippen LogP contribution in [-0.4, -0.2) is 95.9 Å². The number of aryl methyl sites for hydroxylation is 7. The number of benzene rings is 6. The molecule has 24 rings (SSSR count). The number of hydrogen-bond acceptors (Lipinski definition) is 18. The molecule has 0 spiro atoms. The van der Waals surface area contributed by atoms with E-state index in [1.807, 2.05) is 132 Å². The van der Waals surface area contributed by atoms with Crippen molar-refractivity contribution in [2.75, 3.05) is 31.9 Å². The van der Waals surface area contributed by atoms with Gasteiger partial charge in [-0.05, 0) is 194 Å². The van der Waals surface area contributed by atoms with Crippen LogP contribution in [0.15, 0.2) is 242 Å². The molecule has 0 fully saturated rings. The van der Waals surface area contributed by atoms with E-state index in [2.05, 4.69) is 293 Å². The molecule has 24 nitrogen and oxygen atoms in total. The normalized spacial score (nSPS) is 23.8. The van der Waals surface area contributed by atoms with E-state index in [-0.39, 0.29) is 84.9 Å². The lowest BCUT2D eigenvalue weighted by molar-refractivity contribution is -0.119. The van der Waals surface area contributed by atoms with Crippen LogP contribution in [0.25, 0.3) is 0 Å². The Morgan fingerprint density at radius 1 is 0.275 bits per heavy atom. The van der Waals surface area contributed by atoms with Crippen molar-refractivity contribution in [1.82, 2.24) is 61.2 Å². The van der Waals surface area contributed by atoms with Gasteiger partial charge in [-0.25, -0.2) is 0 Å². The average molecular weight is 1970 g/mol. The average Bonchev–Trinajstić information content (AvgIpc) is 1.68. The van der Waals surface area contributed by atoms with Crippen LogP contribution in [-0.2, 0) is 39.6 Å². The molecule has 6 aromatic heterocycles. The molecule has 2 unspecified atom stereocenters. The van der Waals surface area contributed by atoms with Crippen LogP contribution in [0.5, 0.6) is 0 Å². The molecule has 0 radical (unpaired) electrons. The van der Waals surface area contributed by atoms with Gasteiger partial charge in [0, 0.05) is 193 Å². The van der Waals surface area contributed by atoms with Gasteiger partial charge in [-0.3, -0.25) is 59.4 Å². The molecular weight excluding hydrogens is 1830 g/mol. The largest absolute Gasteiger partial charge is 0.342 e. The van der Waals surface area contributed by atoms with E-state index in [0.717, 1.165) is 218 Å². The predicted octanol–water partition coefficient (Wildman–Crippen LogP) is 24.9. The van der Waals surface area contributed by atoms with Gasteiger partial charge in [0.25, 0.3) is 0 Å². The smallest absolute Gasteiger partial charge is 0.162 e. The van der Waals surface area contributed by atoms with Gasteiger partial charge in [-0.2, -0.15) is 30.6 Å². The number of nitrogens with one attached hydrogen (secondary N) is 12. The van der Waals surface area contributed by atoms with Crippen molar-refractivity contribution in [2.24, 2.45) is 32.5 Å². The molecular formula is C117H131BrN18O6. The van der Waals surface area contributed by atoms with Crippen molar-refractivity contribution in [3.63, 3.8) is 0 Å². The second-order valence-corrected chi connectivity index (χ2v) is 46.8. The Kier molecular flexibility index (Phi) is 24.6. The molecule has 732 valence electrons. The Morgan fingerprint density at radius 3 is 0.915 bits per heavy atom. The molecule has 142 heavy (non-hydrogen) atoms. The molecule has 0 bridgehead atoms. The second kappa shape index (κ2) is 36.4. The van der Waals surface area contributed by atoms with Gasteiger partial charge in [0.05, 0.1) is 10.8 Å². The lowest BCUT2D eigenvalue weighted by Crippen LogP contribution is -2.42. The third-order valence-corrected chi connectivity index (χ3v) is 31.3. The molecule has 6 aromatic carbocycles. The van der Waals surface area contributed by atoms with Crippen LogP contribution in [0.4, 0.5) is 34.9 Å². The second-order valence-electron chi connectivity index (χ2n) is 46.0. The predicted molar refractivity (Wildman–Crippen MR) is 563 cm³/mol. The minimum atomic E-state index is -1.22. The first-order valence-electron chi connectivity index (χ1n) is 50.2. The maximum Gasteiger partial charge on any atom is 0.162 e. The molecule has 0 amide bonds. The van der Waals surface area contributed by atoms with E-state index < -0.39 is 16.7 Å². The van der Waals surface area contributed by atoms with Gasteiger partial charge >= 0.3 is 0 Å². The number of fused-ring (bicyclic) bond motifs is 6. The number of aromatic amines is 6. The third kappa shape index (κ3) is 17.7. The summed E-state index contributed by atoms with van der Waals surface area (Å²) < 4.78 is 10.2. The summed E-state index contributed by atoms with van der Waals surface area (Å²) in [7, 11) is 0. The fourth-order valence-corrected chi connectivity index (χ4v) is 25.2. The molecule has 6 atom stereocenters. The zero-order valence-electron chi connectivity index (χ0n) is 86.4. The molecule has 12 aliphatic rings. The number of carbonyl (C=O) groups is 6. The Bertz CT molecular complexity index is 6910. The molecule has 12 heterocycles. The highest BCUT2D eigenvalue weighted by Crippen LogP contribution is 2.59. The van der Waals surface area contributed by atoms with Crippen LogP contribution >= 0.6 is 15.9 Å². The first-order valence-corrected chi connectivity index (χ1v) is 50.5. The summed E-state index contributed by atoms with van der Waals surface area (Å²) >= 11 is 3.56. The Labute approximate surface area is 841 Å². The summed E-state index contributed by atoms with van der Waals surface area (Å²) in [6.07, 6.45) is 8.50. The summed E-state index contributed by atoms with van der Waals surface area (Å²) in [5, 5.41) is 65.4. The highest BCUT2D eigenvalue weighted by molar-refractivity contribution is 9.10. The molecule has 12 N–H and O–H groups in total. The highest BCUT2D eigenvalue weighted by atomic mass is 79.9. The number of nitrogens with zero attached hydrogens (tertiary/aromatic N) is 6. The summed E-state index contributed by atoms with van der Waals surface area (Å²) in [5.41, 5.74) is 30.1. The summed E-state index contributed by atoms with van der Waals surface area (Å²) in [4.78, 5) is 78.4. The quantitative estimate of drug-likeness (QED) is 0.0736. The van der Waals surface area contributed by atoms with Crippen molar-refractivity contribution >= 4 is 85.5 Å². The lowest BCUT2D eigenvalue weighted by Gasteiger charge is -2.43. The minimum absolute atomic E-state index is 0.0119. The Hall–Kier alpha value is -13.7. The van der Waals surface area contributed by atoms with Crippen LogP contribution in [0.3, 0.4) is 0 Å². The van der Waals surface area contributed by atoms with E-state index in [9.17, 15) is 30.1 Å². The van der Waals surface area contributed by atoms with E-state index in [4.69, 9.17) is 0 Å². The number of allylic oxidation sites excluding steroid dienone is 12. The SMILES string of the molecule is CC1(C)CC(=O)C2=C(C1)Nc1n[nH]c(Br)c1C2c1ccccc1.Cc1[nH]nc2c1[C@@](C)(c1ccccc1)C1=C(CC(C)(C)CC1=O)N2.Cc1[nH]nc2c1[C@](C)(c1ccccc1)C1=C(CC(C)(C)CC1=O)N2.Cc1ccccc1[C@@H]1C2=C(CC(C)(C)CC2=O)Nc2n[nH]c(C)c21.Cc1ccccc1[C@H]1C2=C(CC(C)(C)CC2=O)Nc2n[nH]c(C)c21.[2H]C1(c2ccccc2)C2=C(CC(C)(C)CC2=O)Nc2n[nH]c(C)c21. The number of halogens is 1. The van der Waals surface area contributed by atoms with Crippen LogP contribution < -0.4 is 31.9 Å². The summed E-state index contributed by atoms with van der Waals surface area (Å²) in [6.45, 7) is 44.3. The topological polar surface area (TPSA) is 347 Å². The van der Waals surface area contributed by atoms with Crippen molar-refractivity contribution in [3.8, 4) is 0 Å². The van der Waals surface area contributed by atoms with Gasteiger partial charge in [0.15, 0.2) is 69.6 Å². The monoisotopic (exact) mass is 1960 g/mol. The van der Waals surface area contributed by atoms with Gasteiger partial charge < -0.3 is 31.9 Å². The number of ketones is 6. The van der Waals surface area contributed by atoms with E-state index in [1.54, 1.807) is 0 Å². The zero-order valence-corrected chi connectivity index (χ0v) is 87.0. The number of rotatable bonds is 6. The maximum absolute atomic E-state index is 13.1. The van der Waals surface area contributed by atoms with Gasteiger partial charge in [0.2, 0.25) is 0 Å². The molecule has 6 aliphatic heterocycles. The summed E-state index contributed by atoms with van der Waals surface area (Å²) in [5.74, 6) is 4.85. The first-order chi connectivity index (χ1) is 67.7. The summed E-state index contributed by atoms with van der Waals surface area (Å²) in [6, 6.07) is 57.1. The number of aromatic nitrogens is 12. The van der Waals surface area contributed by atoms with Crippen LogP contribution in [0.1, 0.15) is 305 Å². The van der Waals surface area contributed by atoms with Crippen molar-refractivity contribution in [3.05, 3.63) is 348 Å². The van der Waals surface area contributed by atoms with Gasteiger partial charge in [-0.15, -0.1) is 0 Å². The standard InChI is InChI=1S/4C20H23N3O.C19H21N3O.C18H18BrN3O/c2*1-11-7-5-6-8-13(11)17-16-12(2)22-23-19(16)21-14-9-20(3,4)10-15(24)18(14)17;2*1-12-16-18(23-22-12)21-14-10-19(2,3)11-15(24)17(14)20(16,4)13-8-6-5-7-9-13;1-11-15-16(12-7-5-4-6-8-12)17-13(20-18(15)22-21-11)9-19(2,3)10-14(17)23;1-18(2)8-11-14(12(23)9-18)13(10-6-4-3-5-7-10)15-16(19)21-22-17(15)20-11/h2*5-8,17H,9-10H2,1-4H3,(H2,21,22,23);2*5-9H,10-11H2,1-4H3,(H2,21,22,23);4-8,16H,9-10H2,1-3H3,(H2,20,21,22);3-7,13H,8-9H2,1-2H3,(H2,20,21,22)/t2*17-;2*20-;;/m1010../s1/i;;;;16D;. The number of anilines is 6.